The van der Waals surface area contributed by atoms with Crippen molar-refractivity contribution in [2.75, 3.05) is 6.61 Å². The van der Waals surface area contributed by atoms with E-state index in [4.69, 9.17) is 21.3 Å². The number of carbonyl (C=O) groups excluding carboxylic acids is 1. The third-order valence-corrected chi connectivity index (χ3v) is 7.61. The molecule has 1 atom stereocenters. The summed E-state index contributed by atoms with van der Waals surface area (Å²) in [4.78, 5) is 32.6. The zero-order chi connectivity index (χ0) is 25.2. The highest BCUT2D eigenvalue weighted by Crippen LogP contribution is 2.35. The van der Waals surface area contributed by atoms with Crippen LogP contribution in [0.1, 0.15) is 29.7 Å². The van der Waals surface area contributed by atoms with Crippen molar-refractivity contribution in [2.24, 2.45) is 4.99 Å². The van der Waals surface area contributed by atoms with E-state index < -0.39 is 12.0 Å². The minimum atomic E-state index is -0.717. The standard InChI is InChI=1S/C28H20ClIN2O3S/c1-2-35-27(34)23-24(18-8-4-3-5-9-18)31-28-32(25(23)19-11-13-20(29)14-12-19)26(33)22(36-28)16-17-7-6-10-21(30)15-17/h3-16,25H,2H2,1H3/b22-16+/t25-/m0/s1. The molecule has 0 radical (unpaired) electrons. The third kappa shape index (κ3) is 4.83. The molecule has 4 aromatic rings. The third-order valence-electron chi connectivity index (χ3n) is 5.71. The fourth-order valence-electron chi connectivity index (χ4n) is 4.15. The molecule has 0 saturated carbocycles. The highest BCUT2D eigenvalue weighted by atomic mass is 127. The number of esters is 1. The summed E-state index contributed by atoms with van der Waals surface area (Å²) in [5, 5.41) is 0.565. The van der Waals surface area contributed by atoms with Gasteiger partial charge in [-0.2, -0.15) is 0 Å². The molecule has 36 heavy (non-hydrogen) atoms. The molecule has 0 aliphatic carbocycles. The van der Waals surface area contributed by atoms with E-state index in [9.17, 15) is 9.59 Å². The highest BCUT2D eigenvalue weighted by molar-refractivity contribution is 14.1. The smallest absolute Gasteiger partial charge is 0.338 e. The Hall–Kier alpha value is -3.01. The van der Waals surface area contributed by atoms with Gasteiger partial charge in [0.25, 0.3) is 5.56 Å². The summed E-state index contributed by atoms with van der Waals surface area (Å²) in [6.45, 7) is 1.96. The molecule has 8 heteroatoms. The second-order valence-electron chi connectivity index (χ2n) is 8.04. The molecule has 5 nitrogen and oxygen atoms in total. The fraction of sp³-hybridized carbons (Fsp3) is 0.107. The number of halogens is 2. The van der Waals surface area contributed by atoms with E-state index in [1.165, 1.54) is 11.3 Å². The molecule has 0 bridgehead atoms. The quantitative estimate of drug-likeness (QED) is 0.226. The lowest BCUT2D eigenvalue weighted by Gasteiger charge is -2.25. The summed E-state index contributed by atoms with van der Waals surface area (Å²) in [5.41, 5.74) is 3.03. The van der Waals surface area contributed by atoms with Crippen LogP contribution in [0.5, 0.6) is 0 Å². The van der Waals surface area contributed by atoms with Crippen molar-refractivity contribution in [1.82, 2.24) is 4.57 Å². The van der Waals surface area contributed by atoms with Crippen LogP contribution in [-0.4, -0.2) is 17.1 Å². The molecule has 5 rings (SSSR count). The zero-order valence-corrected chi connectivity index (χ0v) is 22.9. The molecule has 1 aromatic heterocycles. The van der Waals surface area contributed by atoms with Crippen LogP contribution < -0.4 is 14.9 Å². The van der Waals surface area contributed by atoms with E-state index in [-0.39, 0.29) is 12.2 Å². The van der Waals surface area contributed by atoms with E-state index in [2.05, 4.69) is 22.6 Å². The van der Waals surface area contributed by atoms with Gasteiger partial charge in [0.05, 0.1) is 28.5 Å². The van der Waals surface area contributed by atoms with Crippen molar-refractivity contribution in [1.29, 1.82) is 0 Å². The van der Waals surface area contributed by atoms with Gasteiger partial charge in [0.15, 0.2) is 4.80 Å². The Balaban J connectivity index is 1.83. The Bertz CT molecular complexity index is 1660. The molecule has 0 unspecified atom stereocenters. The minimum absolute atomic E-state index is 0.203. The zero-order valence-electron chi connectivity index (χ0n) is 19.2. The molecule has 0 amide bonds. The van der Waals surface area contributed by atoms with Gasteiger partial charge in [-0.25, -0.2) is 9.79 Å². The summed E-state index contributed by atoms with van der Waals surface area (Å²) in [6, 6.07) is 23.9. The van der Waals surface area contributed by atoms with Gasteiger partial charge in [-0.3, -0.25) is 9.36 Å². The Labute approximate surface area is 230 Å². The number of thiazole rings is 1. The largest absolute Gasteiger partial charge is 0.463 e. The van der Waals surface area contributed by atoms with Crippen molar-refractivity contribution < 1.29 is 9.53 Å². The normalized spacial score (nSPS) is 15.4. The number of hydrogen-bond donors (Lipinski definition) is 0. The Morgan fingerprint density at radius 3 is 2.56 bits per heavy atom. The van der Waals surface area contributed by atoms with Crippen LogP contribution in [0.15, 0.2) is 94.2 Å². The van der Waals surface area contributed by atoms with E-state index in [0.29, 0.717) is 25.6 Å². The predicted octanol–water partition coefficient (Wildman–Crippen LogP) is 5.19. The molecule has 0 N–H and O–H groups in total. The van der Waals surface area contributed by atoms with Crippen LogP contribution in [0.2, 0.25) is 5.02 Å². The van der Waals surface area contributed by atoms with Crippen LogP contribution in [0.3, 0.4) is 0 Å². The number of fused-ring (bicyclic) bond motifs is 1. The lowest BCUT2D eigenvalue weighted by molar-refractivity contribution is -0.138. The first-order chi connectivity index (χ1) is 17.5. The van der Waals surface area contributed by atoms with Crippen LogP contribution in [0.4, 0.5) is 0 Å². The first kappa shape index (κ1) is 24.7. The van der Waals surface area contributed by atoms with Gasteiger partial charge in [-0.05, 0) is 71.0 Å². The van der Waals surface area contributed by atoms with Gasteiger partial charge in [0, 0.05) is 14.2 Å². The van der Waals surface area contributed by atoms with Crippen molar-refractivity contribution in [2.45, 2.75) is 13.0 Å². The number of nitrogens with zero attached hydrogens (tertiary/aromatic N) is 2. The van der Waals surface area contributed by atoms with E-state index in [0.717, 1.165) is 20.3 Å². The number of carbonyl (C=O) groups is 1. The van der Waals surface area contributed by atoms with E-state index >= 15 is 0 Å². The number of rotatable bonds is 5. The average molecular weight is 627 g/mol. The molecular formula is C28H20ClIN2O3S. The van der Waals surface area contributed by atoms with Crippen LogP contribution in [0, 0.1) is 3.57 Å². The lowest BCUT2D eigenvalue weighted by Crippen LogP contribution is -2.40. The molecule has 0 saturated heterocycles. The summed E-state index contributed by atoms with van der Waals surface area (Å²) >= 11 is 9.72. The number of benzene rings is 3. The number of hydrogen-bond acceptors (Lipinski definition) is 5. The summed E-state index contributed by atoms with van der Waals surface area (Å²) in [6.07, 6.45) is 1.86. The van der Waals surface area contributed by atoms with Crippen LogP contribution in [0.25, 0.3) is 11.8 Å². The van der Waals surface area contributed by atoms with E-state index in [1.54, 1.807) is 23.6 Å². The minimum Gasteiger partial charge on any atom is -0.463 e. The summed E-state index contributed by atoms with van der Waals surface area (Å²) < 4.78 is 8.67. The molecule has 3 aromatic carbocycles. The molecule has 2 heterocycles. The van der Waals surface area contributed by atoms with Crippen molar-refractivity contribution in [3.05, 3.63) is 129 Å². The fourth-order valence-corrected chi connectivity index (χ4v) is 5.84. The predicted molar refractivity (Wildman–Crippen MR) is 152 cm³/mol. The number of ether oxygens (including phenoxy) is 1. The van der Waals surface area contributed by atoms with Gasteiger partial charge >= 0.3 is 5.97 Å². The first-order valence-corrected chi connectivity index (χ1v) is 13.5. The lowest BCUT2D eigenvalue weighted by atomic mass is 9.93. The van der Waals surface area contributed by atoms with Gasteiger partial charge in [0.2, 0.25) is 0 Å². The maximum atomic E-state index is 13.8. The van der Waals surface area contributed by atoms with Gasteiger partial charge in [0.1, 0.15) is 0 Å². The molecular weight excluding hydrogens is 607 g/mol. The summed E-state index contributed by atoms with van der Waals surface area (Å²) in [7, 11) is 0. The van der Waals surface area contributed by atoms with Gasteiger partial charge in [-0.1, -0.05) is 77.5 Å². The van der Waals surface area contributed by atoms with Crippen molar-refractivity contribution in [3.8, 4) is 0 Å². The molecule has 180 valence electrons. The maximum Gasteiger partial charge on any atom is 0.338 e. The van der Waals surface area contributed by atoms with Crippen molar-refractivity contribution >= 4 is 63.3 Å². The molecule has 0 fully saturated rings. The average Bonchev–Trinajstić information content (AvgIpc) is 3.19. The Morgan fingerprint density at radius 2 is 1.86 bits per heavy atom. The second kappa shape index (κ2) is 10.5. The van der Waals surface area contributed by atoms with Gasteiger partial charge in [-0.15, -0.1) is 0 Å². The molecule has 1 aliphatic heterocycles. The van der Waals surface area contributed by atoms with E-state index in [1.807, 2.05) is 72.8 Å². The highest BCUT2D eigenvalue weighted by Gasteiger charge is 2.35. The second-order valence-corrected chi connectivity index (χ2v) is 10.7. The molecule has 1 aliphatic rings. The SMILES string of the molecule is CCOC(=O)C1=C(c2ccccc2)N=c2s/c(=C/c3cccc(I)c3)c(=O)n2[C@H]1c1ccc(Cl)cc1. The van der Waals surface area contributed by atoms with Crippen LogP contribution >= 0.6 is 45.5 Å². The Kier molecular flexibility index (Phi) is 7.22. The topological polar surface area (TPSA) is 60.7 Å². The van der Waals surface area contributed by atoms with Gasteiger partial charge < -0.3 is 4.74 Å². The number of aromatic nitrogens is 1. The van der Waals surface area contributed by atoms with Crippen LogP contribution in [-0.2, 0) is 9.53 Å². The monoisotopic (exact) mass is 626 g/mol. The first-order valence-electron chi connectivity index (χ1n) is 11.3. The molecule has 0 spiro atoms. The van der Waals surface area contributed by atoms with Crippen molar-refractivity contribution in [3.63, 3.8) is 0 Å². The Morgan fingerprint density at radius 1 is 1.11 bits per heavy atom. The summed E-state index contributed by atoms with van der Waals surface area (Å²) in [5.74, 6) is -0.507. The maximum absolute atomic E-state index is 13.8.